The molecule has 3 rings (SSSR count). The van der Waals surface area contributed by atoms with Gasteiger partial charge in [-0.1, -0.05) is 31.5 Å². The van der Waals surface area contributed by atoms with Crippen LogP contribution in [-0.2, 0) is 17.9 Å². The van der Waals surface area contributed by atoms with Gasteiger partial charge in [-0.15, -0.1) is 0 Å². The minimum Gasteiger partial charge on any atom is -0.486 e. The normalized spacial score (nSPS) is 11.1. The van der Waals surface area contributed by atoms with Gasteiger partial charge in [0.25, 0.3) is 11.5 Å². The van der Waals surface area contributed by atoms with Gasteiger partial charge in [0, 0.05) is 13.7 Å². The van der Waals surface area contributed by atoms with Crippen molar-refractivity contribution in [2.75, 3.05) is 30.9 Å². The summed E-state index contributed by atoms with van der Waals surface area (Å²) in [6.45, 7) is 6.37. The first-order valence-electron chi connectivity index (χ1n) is 10.9. The number of anilines is 2. The molecule has 0 saturated heterocycles. The second-order valence-corrected chi connectivity index (χ2v) is 8.31. The summed E-state index contributed by atoms with van der Waals surface area (Å²) in [5, 5.41) is 0. The number of nitrogens with two attached hydrogens (primary N) is 1. The highest BCUT2D eigenvalue weighted by Gasteiger charge is 2.27. The molecular weight excluding hydrogens is 440 g/mol. The number of nitrogen functional groups attached to an aromatic ring is 1. The predicted octanol–water partition coefficient (Wildman–Crippen LogP) is 2.55. The van der Waals surface area contributed by atoms with Crippen LogP contribution in [0, 0.1) is 12.8 Å². The van der Waals surface area contributed by atoms with Gasteiger partial charge in [-0.3, -0.25) is 24.0 Å². The molecule has 1 aromatic carbocycles. The molecule has 2 heterocycles. The highest BCUT2D eigenvalue weighted by molar-refractivity contribution is 6.05. The molecule has 0 aliphatic rings. The third-order valence-electron chi connectivity index (χ3n) is 5.07. The lowest BCUT2D eigenvalue weighted by Gasteiger charge is -2.24. The largest absolute Gasteiger partial charge is 0.486 e. The van der Waals surface area contributed by atoms with Crippen LogP contribution in [0.15, 0.2) is 50.4 Å². The molecule has 10 heteroatoms. The number of hydrogen-bond acceptors (Lipinski definition) is 7. The van der Waals surface area contributed by atoms with E-state index in [-0.39, 0.29) is 49.5 Å². The van der Waals surface area contributed by atoms with Crippen molar-refractivity contribution in [2.45, 2.75) is 33.9 Å². The van der Waals surface area contributed by atoms with Gasteiger partial charge in [0.15, 0.2) is 11.4 Å². The topological polar surface area (TPSA) is 133 Å². The Hall–Kier alpha value is -3.79. The van der Waals surface area contributed by atoms with Gasteiger partial charge in [-0.2, -0.15) is 0 Å². The van der Waals surface area contributed by atoms with E-state index in [4.69, 9.17) is 19.6 Å². The molecule has 0 aliphatic heterocycles. The average Bonchev–Trinajstić information content (AvgIpc) is 3.27. The average molecular weight is 471 g/mol. The third kappa shape index (κ3) is 5.76. The van der Waals surface area contributed by atoms with Gasteiger partial charge >= 0.3 is 5.69 Å². The molecule has 0 atom stereocenters. The zero-order valence-electron chi connectivity index (χ0n) is 19.8. The summed E-state index contributed by atoms with van der Waals surface area (Å²) >= 11 is 0. The second-order valence-electron chi connectivity index (χ2n) is 8.31. The number of methoxy groups -OCH3 is 1. The monoisotopic (exact) mass is 470 g/mol. The fourth-order valence-electron chi connectivity index (χ4n) is 3.37. The summed E-state index contributed by atoms with van der Waals surface area (Å²) in [4.78, 5) is 41.8. The zero-order valence-corrected chi connectivity index (χ0v) is 19.8. The van der Waals surface area contributed by atoms with Crippen molar-refractivity contribution < 1.29 is 18.7 Å². The van der Waals surface area contributed by atoms with Crippen LogP contribution in [0.25, 0.3) is 0 Å². The van der Waals surface area contributed by atoms with Crippen molar-refractivity contribution in [2.24, 2.45) is 5.92 Å². The maximum absolute atomic E-state index is 13.3. The van der Waals surface area contributed by atoms with Crippen LogP contribution in [0.5, 0.6) is 5.75 Å². The third-order valence-corrected chi connectivity index (χ3v) is 5.07. The van der Waals surface area contributed by atoms with Crippen LogP contribution in [0.1, 0.15) is 35.7 Å². The molecule has 10 nitrogen and oxygen atoms in total. The van der Waals surface area contributed by atoms with Crippen LogP contribution >= 0.6 is 0 Å². The SMILES string of the molecule is COCCN(C(=O)c1ccc(COc2ccc(C)cc2)o1)c1c(N)n(CC(C)C)c(=O)[nH]c1=O. The van der Waals surface area contributed by atoms with Gasteiger partial charge in [0.1, 0.15) is 23.9 Å². The van der Waals surface area contributed by atoms with Crippen LogP contribution < -0.4 is 26.6 Å². The van der Waals surface area contributed by atoms with Gasteiger partial charge < -0.3 is 19.6 Å². The number of ether oxygens (including phenoxy) is 2. The quantitative estimate of drug-likeness (QED) is 0.465. The number of hydrogen-bond donors (Lipinski definition) is 2. The lowest BCUT2D eigenvalue weighted by Crippen LogP contribution is -2.42. The number of aryl methyl sites for hydroxylation is 1. The summed E-state index contributed by atoms with van der Waals surface area (Å²) in [5.41, 5.74) is 5.80. The Morgan fingerprint density at radius 2 is 1.88 bits per heavy atom. The zero-order chi connectivity index (χ0) is 24.8. The van der Waals surface area contributed by atoms with Crippen molar-refractivity contribution >= 4 is 17.4 Å². The number of aromatic nitrogens is 2. The number of nitrogens with one attached hydrogen (secondary N) is 1. The maximum Gasteiger partial charge on any atom is 0.330 e. The Morgan fingerprint density at radius 1 is 1.18 bits per heavy atom. The number of furan rings is 1. The fraction of sp³-hybridized carbons (Fsp3) is 0.375. The molecule has 0 saturated carbocycles. The number of amides is 1. The first-order chi connectivity index (χ1) is 16.2. The second kappa shape index (κ2) is 10.9. The lowest BCUT2D eigenvalue weighted by molar-refractivity contribution is 0.0945. The number of nitrogens with zero attached hydrogens (tertiary/aromatic N) is 2. The molecule has 0 bridgehead atoms. The van der Waals surface area contributed by atoms with Gasteiger partial charge in [-0.25, -0.2) is 4.79 Å². The number of benzene rings is 1. The molecule has 0 fully saturated rings. The summed E-state index contributed by atoms with van der Waals surface area (Å²) in [7, 11) is 1.48. The van der Waals surface area contributed by atoms with Gasteiger partial charge in [0.05, 0.1) is 13.2 Å². The molecule has 34 heavy (non-hydrogen) atoms. The van der Waals surface area contributed by atoms with Crippen LogP contribution in [0.4, 0.5) is 11.5 Å². The van der Waals surface area contributed by atoms with E-state index in [1.807, 2.05) is 45.0 Å². The minimum atomic E-state index is -0.763. The first-order valence-corrected chi connectivity index (χ1v) is 10.9. The van der Waals surface area contributed by atoms with Crippen LogP contribution in [-0.4, -0.2) is 35.7 Å². The summed E-state index contributed by atoms with van der Waals surface area (Å²) in [6, 6.07) is 10.7. The highest BCUT2D eigenvalue weighted by atomic mass is 16.5. The molecule has 3 aromatic rings. The minimum absolute atomic E-state index is 0.000909. The van der Waals surface area contributed by atoms with Crippen molar-refractivity contribution in [1.82, 2.24) is 9.55 Å². The summed E-state index contributed by atoms with van der Waals surface area (Å²) < 4.78 is 17.8. The van der Waals surface area contributed by atoms with E-state index >= 15 is 0 Å². The molecular formula is C24H30N4O6. The van der Waals surface area contributed by atoms with Gasteiger partial charge in [-0.05, 0) is 37.1 Å². The standard InChI is InChI=1S/C24H30N4O6/c1-15(2)13-28-21(25)20(22(29)26-24(28)31)27(11-12-32-4)23(30)19-10-9-18(34-19)14-33-17-7-5-16(3)6-8-17/h5-10,15H,11-14,25H2,1-4H3,(H,26,29,31). The summed E-state index contributed by atoms with van der Waals surface area (Å²) in [5.74, 6) is 0.500. The smallest absolute Gasteiger partial charge is 0.330 e. The van der Waals surface area contributed by atoms with E-state index in [0.29, 0.717) is 11.5 Å². The first kappa shape index (κ1) is 24.8. The Kier molecular flexibility index (Phi) is 7.95. The number of H-pyrrole nitrogens is 1. The van der Waals surface area contributed by atoms with Crippen molar-refractivity contribution in [3.05, 3.63) is 74.3 Å². The molecule has 3 N–H and O–H groups in total. The Bertz CT molecular complexity index is 1240. The Balaban J connectivity index is 1.89. The molecule has 0 spiro atoms. The van der Waals surface area contributed by atoms with Gasteiger partial charge in [0.2, 0.25) is 0 Å². The molecule has 0 unspecified atom stereocenters. The fourth-order valence-corrected chi connectivity index (χ4v) is 3.37. The maximum atomic E-state index is 13.3. The number of rotatable bonds is 10. The predicted molar refractivity (Wildman–Crippen MR) is 128 cm³/mol. The van der Waals surface area contributed by atoms with E-state index in [1.165, 1.54) is 17.7 Å². The van der Waals surface area contributed by atoms with Crippen LogP contribution in [0.2, 0.25) is 0 Å². The highest BCUT2D eigenvalue weighted by Crippen LogP contribution is 2.22. The lowest BCUT2D eigenvalue weighted by atomic mass is 10.2. The molecule has 0 aliphatic carbocycles. The Labute approximate surface area is 196 Å². The number of carbonyl (C=O) groups is 1. The molecule has 0 radical (unpaired) electrons. The van der Waals surface area contributed by atoms with E-state index in [1.54, 1.807) is 6.07 Å². The summed E-state index contributed by atoms with van der Waals surface area (Å²) in [6.07, 6.45) is 0. The molecule has 1 amide bonds. The van der Waals surface area contributed by atoms with Crippen molar-refractivity contribution in [3.63, 3.8) is 0 Å². The number of aromatic amines is 1. The number of carbonyl (C=O) groups excluding carboxylic acids is 1. The van der Waals surface area contributed by atoms with E-state index in [0.717, 1.165) is 10.5 Å². The van der Waals surface area contributed by atoms with Crippen LogP contribution in [0.3, 0.4) is 0 Å². The van der Waals surface area contributed by atoms with E-state index < -0.39 is 17.2 Å². The Morgan fingerprint density at radius 3 is 2.53 bits per heavy atom. The van der Waals surface area contributed by atoms with E-state index in [2.05, 4.69) is 4.98 Å². The molecule has 2 aromatic heterocycles. The van der Waals surface area contributed by atoms with Crippen molar-refractivity contribution in [3.8, 4) is 5.75 Å². The van der Waals surface area contributed by atoms with E-state index in [9.17, 15) is 14.4 Å². The molecule has 182 valence electrons. The van der Waals surface area contributed by atoms with Crippen molar-refractivity contribution in [1.29, 1.82) is 0 Å².